The van der Waals surface area contributed by atoms with E-state index in [4.69, 9.17) is 11.6 Å². The van der Waals surface area contributed by atoms with Gasteiger partial charge in [-0.3, -0.25) is 4.79 Å². The van der Waals surface area contributed by atoms with Gasteiger partial charge in [-0.2, -0.15) is 0 Å². The number of carbonyl (C=O) groups is 1. The Morgan fingerprint density at radius 1 is 1.21 bits per heavy atom. The zero-order chi connectivity index (χ0) is 20.3. The molecule has 2 aromatic carbocycles. The molecule has 0 unspecified atom stereocenters. The number of anilines is 1. The second-order valence-electron chi connectivity index (χ2n) is 6.12. The quantitative estimate of drug-likeness (QED) is 0.538. The summed E-state index contributed by atoms with van der Waals surface area (Å²) >= 11 is 8.85. The van der Waals surface area contributed by atoms with Crippen LogP contribution in [0.5, 0.6) is 0 Å². The van der Waals surface area contributed by atoms with Crippen LogP contribution in [0.3, 0.4) is 0 Å². The number of halogens is 1. The van der Waals surface area contributed by atoms with Gasteiger partial charge in [0.25, 0.3) is 0 Å². The van der Waals surface area contributed by atoms with Gasteiger partial charge < -0.3 is 5.32 Å². The summed E-state index contributed by atoms with van der Waals surface area (Å²) in [4.78, 5) is 16.9. The topological polar surface area (TPSA) is 76.1 Å². The number of carbonyl (C=O) groups excluding carboxylic acids is 1. The van der Waals surface area contributed by atoms with E-state index in [1.807, 2.05) is 36.6 Å². The molecule has 1 amide bonds. The Balaban J connectivity index is 1.63. The number of aromatic nitrogens is 1. The van der Waals surface area contributed by atoms with E-state index in [0.717, 1.165) is 21.9 Å². The van der Waals surface area contributed by atoms with Gasteiger partial charge >= 0.3 is 0 Å². The lowest BCUT2D eigenvalue weighted by atomic mass is 10.1. The maximum Gasteiger partial charge on any atom is 0.234 e. The first-order valence-corrected chi connectivity index (χ1v) is 12.3. The number of nitrogens with one attached hydrogen (secondary N) is 1. The molecule has 1 N–H and O–H groups in total. The van der Waals surface area contributed by atoms with Crippen molar-refractivity contribution in [2.45, 2.75) is 16.2 Å². The SMILES string of the molecule is Cc1ccc(-c2csc(SCC(=O)Nc3cc(S(C)(=O)=O)ccc3Cl)n2)cc1. The van der Waals surface area contributed by atoms with Crippen LogP contribution in [0.25, 0.3) is 11.3 Å². The van der Waals surface area contributed by atoms with E-state index >= 15 is 0 Å². The first-order chi connectivity index (χ1) is 13.2. The number of rotatable bonds is 6. The van der Waals surface area contributed by atoms with Crippen molar-refractivity contribution in [1.82, 2.24) is 4.98 Å². The Morgan fingerprint density at radius 2 is 1.93 bits per heavy atom. The molecule has 0 radical (unpaired) electrons. The molecule has 0 aliphatic heterocycles. The van der Waals surface area contributed by atoms with Gasteiger partial charge in [-0.05, 0) is 25.1 Å². The number of amides is 1. The Hall–Kier alpha value is -1.87. The summed E-state index contributed by atoms with van der Waals surface area (Å²) in [5.41, 5.74) is 3.36. The largest absolute Gasteiger partial charge is 0.324 e. The van der Waals surface area contributed by atoms with Crippen LogP contribution < -0.4 is 5.32 Å². The van der Waals surface area contributed by atoms with Gasteiger partial charge in [0.15, 0.2) is 14.2 Å². The third-order valence-electron chi connectivity index (χ3n) is 3.80. The molecule has 28 heavy (non-hydrogen) atoms. The molecule has 0 bridgehead atoms. The molecular formula is C19H17ClN2O3S3. The first-order valence-electron chi connectivity index (χ1n) is 8.17. The normalized spacial score (nSPS) is 11.4. The van der Waals surface area contributed by atoms with Crippen molar-refractivity contribution in [3.8, 4) is 11.3 Å². The summed E-state index contributed by atoms with van der Waals surface area (Å²) in [5.74, 6) is -0.148. The van der Waals surface area contributed by atoms with E-state index in [0.29, 0.717) is 0 Å². The first kappa shape index (κ1) is 20.9. The van der Waals surface area contributed by atoms with Crippen LogP contribution >= 0.6 is 34.7 Å². The van der Waals surface area contributed by atoms with Crippen molar-refractivity contribution >= 4 is 56.1 Å². The van der Waals surface area contributed by atoms with Gasteiger partial charge in [0.2, 0.25) is 5.91 Å². The van der Waals surface area contributed by atoms with Crippen molar-refractivity contribution in [3.63, 3.8) is 0 Å². The minimum Gasteiger partial charge on any atom is -0.324 e. The lowest BCUT2D eigenvalue weighted by Crippen LogP contribution is -2.14. The molecular weight excluding hydrogens is 436 g/mol. The molecule has 0 atom stereocenters. The van der Waals surface area contributed by atoms with Crippen molar-refractivity contribution < 1.29 is 13.2 Å². The predicted molar refractivity (Wildman–Crippen MR) is 116 cm³/mol. The molecule has 9 heteroatoms. The molecule has 3 rings (SSSR count). The fourth-order valence-corrected chi connectivity index (χ4v) is 4.77. The summed E-state index contributed by atoms with van der Waals surface area (Å²) in [7, 11) is -3.38. The highest BCUT2D eigenvalue weighted by Gasteiger charge is 2.13. The summed E-state index contributed by atoms with van der Waals surface area (Å²) in [6.45, 7) is 2.03. The predicted octanol–water partition coefficient (Wildman–Crippen LogP) is 4.91. The number of sulfone groups is 1. The van der Waals surface area contributed by atoms with E-state index in [1.54, 1.807) is 0 Å². The third-order valence-corrected chi connectivity index (χ3v) is 7.26. The van der Waals surface area contributed by atoms with Crippen LogP contribution in [0.2, 0.25) is 5.02 Å². The lowest BCUT2D eigenvalue weighted by Gasteiger charge is -2.08. The van der Waals surface area contributed by atoms with Crippen LogP contribution in [0.15, 0.2) is 57.1 Å². The van der Waals surface area contributed by atoms with Gasteiger partial charge in [-0.1, -0.05) is 53.2 Å². The minimum absolute atomic E-state index is 0.0996. The van der Waals surface area contributed by atoms with Crippen LogP contribution in [-0.4, -0.2) is 31.3 Å². The number of hydrogen-bond acceptors (Lipinski definition) is 6. The van der Waals surface area contributed by atoms with Gasteiger partial charge in [-0.15, -0.1) is 11.3 Å². The molecule has 0 spiro atoms. The standard InChI is InChI=1S/C19H17ClN2O3S3/c1-12-3-5-13(6-4-12)17-10-26-19(22-17)27-11-18(23)21-16-9-14(28(2,24)25)7-8-15(16)20/h3-10H,11H2,1-2H3,(H,21,23). The van der Waals surface area contributed by atoms with Crippen molar-refractivity contribution in [2.24, 2.45) is 0 Å². The zero-order valence-corrected chi connectivity index (χ0v) is 18.3. The van der Waals surface area contributed by atoms with Crippen molar-refractivity contribution in [2.75, 3.05) is 17.3 Å². The molecule has 0 aliphatic rings. The molecule has 0 aliphatic carbocycles. The Kier molecular flexibility index (Phi) is 6.44. The Bertz CT molecular complexity index is 1110. The van der Waals surface area contributed by atoms with Gasteiger partial charge in [0, 0.05) is 17.2 Å². The highest BCUT2D eigenvalue weighted by atomic mass is 35.5. The monoisotopic (exact) mass is 452 g/mol. The maximum absolute atomic E-state index is 12.3. The highest BCUT2D eigenvalue weighted by Crippen LogP contribution is 2.29. The Morgan fingerprint density at radius 3 is 2.61 bits per heavy atom. The average molecular weight is 453 g/mol. The molecule has 0 saturated carbocycles. The number of thiazole rings is 1. The second kappa shape index (κ2) is 8.65. The molecule has 1 heterocycles. The second-order valence-corrected chi connectivity index (χ2v) is 10.6. The number of nitrogens with zero attached hydrogens (tertiary/aromatic N) is 1. The molecule has 0 saturated heterocycles. The van der Waals surface area contributed by atoms with Gasteiger partial charge in [-0.25, -0.2) is 13.4 Å². The average Bonchev–Trinajstić information content (AvgIpc) is 3.10. The fourth-order valence-electron chi connectivity index (χ4n) is 2.32. The Labute approximate surface area is 177 Å². The van der Waals surface area contributed by atoms with E-state index in [9.17, 15) is 13.2 Å². The molecule has 0 fully saturated rings. The summed E-state index contributed by atoms with van der Waals surface area (Å²) < 4.78 is 24.1. The van der Waals surface area contributed by atoms with Crippen LogP contribution in [0.1, 0.15) is 5.56 Å². The number of benzene rings is 2. The minimum atomic E-state index is -3.38. The molecule has 146 valence electrons. The smallest absolute Gasteiger partial charge is 0.234 e. The summed E-state index contributed by atoms with van der Waals surface area (Å²) in [6.07, 6.45) is 1.10. The molecule has 1 aromatic heterocycles. The van der Waals surface area contributed by atoms with Gasteiger partial charge in [0.1, 0.15) is 0 Å². The van der Waals surface area contributed by atoms with Crippen LogP contribution in [0.4, 0.5) is 5.69 Å². The van der Waals surface area contributed by atoms with Crippen LogP contribution in [0, 0.1) is 6.92 Å². The number of aryl methyl sites for hydroxylation is 1. The van der Waals surface area contributed by atoms with Crippen molar-refractivity contribution in [3.05, 3.63) is 58.4 Å². The highest BCUT2D eigenvalue weighted by molar-refractivity contribution is 8.01. The lowest BCUT2D eigenvalue weighted by molar-refractivity contribution is -0.113. The van der Waals surface area contributed by atoms with E-state index in [2.05, 4.69) is 10.3 Å². The molecule has 3 aromatic rings. The third kappa shape index (κ3) is 5.35. The molecule has 5 nitrogen and oxygen atoms in total. The maximum atomic E-state index is 12.3. The van der Waals surface area contributed by atoms with Crippen molar-refractivity contribution in [1.29, 1.82) is 0 Å². The van der Waals surface area contributed by atoms with Crippen LogP contribution in [-0.2, 0) is 14.6 Å². The number of thioether (sulfide) groups is 1. The summed E-state index contributed by atoms with van der Waals surface area (Å²) in [5, 5.41) is 4.89. The van der Waals surface area contributed by atoms with E-state index in [1.165, 1.54) is 46.9 Å². The summed E-state index contributed by atoms with van der Waals surface area (Å²) in [6, 6.07) is 12.3. The fraction of sp³-hybridized carbons (Fsp3) is 0.158. The van der Waals surface area contributed by atoms with Gasteiger partial charge in [0.05, 0.1) is 27.1 Å². The van der Waals surface area contributed by atoms with E-state index < -0.39 is 9.84 Å². The number of hydrogen-bond donors (Lipinski definition) is 1. The van der Waals surface area contributed by atoms with E-state index in [-0.39, 0.29) is 27.3 Å². The zero-order valence-electron chi connectivity index (χ0n) is 15.1.